The zero-order valence-corrected chi connectivity index (χ0v) is 21.4. The molecule has 0 spiro atoms. The van der Waals surface area contributed by atoms with Gasteiger partial charge in [0.15, 0.2) is 23.5 Å². The summed E-state index contributed by atoms with van der Waals surface area (Å²) < 4.78 is 27.5. The highest BCUT2D eigenvalue weighted by Gasteiger charge is 2.47. The molecular weight excluding hydrogens is 568 g/mol. The molecule has 42 heavy (non-hydrogen) atoms. The number of aliphatic hydroxyl groups is 6. The van der Waals surface area contributed by atoms with Crippen LogP contribution in [0, 0.1) is 0 Å². The van der Waals surface area contributed by atoms with Gasteiger partial charge in [0.25, 0.3) is 0 Å². The average Bonchev–Trinajstić information content (AvgIpc) is 2.94. The minimum atomic E-state index is -1.96. The fourth-order valence-electron chi connectivity index (χ4n) is 4.61. The summed E-state index contributed by atoms with van der Waals surface area (Å²) in [5.74, 6) is -3.33. The number of aromatic hydroxyl groups is 4. The lowest BCUT2D eigenvalue weighted by Crippen LogP contribution is -2.61. The maximum Gasteiger partial charge on any atom is 0.239 e. The lowest BCUT2D eigenvalue weighted by atomic mass is 9.99. The summed E-state index contributed by atoms with van der Waals surface area (Å²) >= 11 is 0. The normalized spacial score (nSPS) is 31.7. The van der Waals surface area contributed by atoms with Gasteiger partial charge in [-0.25, -0.2) is 0 Å². The minimum Gasteiger partial charge on any atom is -0.508 e. The van der Waals surface area contributed by atoms with Crippen molar-refractivity contribution in [3.8, 4) is 40.1 Å². The zero-order valence-electron chi connectivity index (χ0n) is 21.4. The third kappa shape index (κ3) is 5.42. The molecule has 2 aliphatic heterocycles. The molecule has 3 heterocycles. The maximum absolute atomic E-state index is 13.5. The largest absolute Gasteiger partial charge is 0.508 e. The van der Waals surface area contributed by atoms with Crippen molar-refractivity contribution in [1.82, 2.24) is 0 Å². The molecular formula is C26H28O16. The molecule has 16 nitrogen and oxygen atoms in total. The molecule has 5 rings (SSSR count). The van der Waals surface area contributed by atoms with Gasteiger partial charge < -0.3 is 74.4 Å². The monoisotopic (exact) mass is 596 g/mol. The molecule has 3 aromatic rings. The van der Waals surface area contributed by atoms with Gasteiger partial charge in [0.2, 0.25) is 17.5 Å². The van der Waals surface area contributed by atoms with E-state index in [4.69, 9.17) is 23.4 Å². The number of phenols is 4. The van der Waals surface area contributed by atoms with Crippen molar-refractivity contribution in [1.29, 1.82) is 0 Å². The molecule has 1 aromatic heterocycles. The number of rotatable bonds is 6. The van der Waals surface area contributed by atoms with E-state index in [0.29, 0.717) is 0 Å². The molecule has 0 amide bonds. The molecule has 2 saturated heterocycles. The second kappa shape index (κ2) is 11.5. The predicted octanol–water partition coefficient (Wildman–Crippen LogP) is -2.08. The summed E-state index contributed by atoms with van der Waals surface area (Å²) in [7, 11) is 0. The smallest absolute Gasteiger partial charge is 0.239 e. The first-order valence-corrected chi connectivity index (χ1v) is 12.6. The van der Waals surface area contributed by atoms with Gasteiger partial charge in [-0.2, -0.15) is 0 Å². The molecule has 228 valence electrons. The van der Waals surface area contributed by atoms with Crippen LogP contribution in [0.5, 0.6) is 28.7 Å². The highest BCUT2D eigenvalue weighted by Crippen LogP contribution is 2.39. The standard InChI is InChI=1S/C26H28O16/c27-9-4-12(30)16-14(5-9)40-23(8-1-2-10(28)11(29)3-8)24(19(16)34)42-26-22(37)20(35)18(33)15(41-26)7-39-25-21(36)17(32)13(31)6-38-25/h1-5,13,15,17-18,20-22,25-33,35-37H,6-7H2/t13-,15+,17-,18+,20-,21+,22+,25-,26-/m0/s1. The highest BCUT2D eigenvalue weighted by molar-refractivity contribution is 5.88. The topological polar surface area (TPSA) is 269 Å². The summed E-state index contributed by atoms with van der Waals surface area (Å²) in [5, 5.41) is 101. The van der Waals surface area contributed by atoms with Gasteiger partial charge in [-0.05, 0) is 18.2 Å². The summed E-state index contributed by atoms with van der Waals surface area (Å²) in [6.45, 7) is -0.970. The number of fused-ring (bicyclic) bond motifs is 1. The van der Waals surface area contributed by atoms with Crippen molar-refractivity contribution < 1.29 is 74.4 Å². The van der Waals surface area contributed by atoms with Crippen LogP contribution in [0.2, 0.25) is 0 Å². The second-order valence-corrected chi connectivity index (χ2v) is 9.85. The van der Waals surface area contributed by atoms with Crippen LogP contribution in [0.1, 0.15) is 0 Å². The van der Waals surface area contributed by atoms with E-state index in [1.165, 1.54) is 6.07 Å². The average molecular weight is 596 g/mol. The van der Waals surface area contributed by atoms with E-state index in [1.54, 1.807) is 0 Å². The first kappa shape index (κ1) is 29.8. The molecule has 0 aliphatic carbocycles. The molecule has 10 N–H and O–H groups in total. The molecule has 2 aromatic carbocycles. The highest BCUT2D eigenvalue weighted by atomic mass is 16.7. The minimum absolute atomic E-state index is 0.0305. The van der Waals surface area contributed by atoms with Crippen molar-refractivity contribution in [2.45, 2.75) is 55.3 Å². The molecule has 9 atom stereocenters. The molecule has 0 unspecified atom stereocenters. The second-order valence-electron chi connectivity index (χ2n) is 9.85. The first-order valence-electron chi connectivity index (χ1n) is 12.6. The summed E-state index contributed by atoms with van der Waals surface area (Å²) in [5.41, 5.74) is -1.35. The van der Waals surface area contributed by atoms with E-state index in [9.17, 15) is 55.9 Å². The van der Waals surface area contributed by atoms with Gasteiger partial charge in [-0.1, -0.05) is 0 Å². The molecule has 0 bridgehead atoms. The van der Waals surface area contributed by atoms with Gasteiger partial charge in [0.05, 0.1) is 13.2 Å². The lowest BCUT2D eigenvalue weighted by molar-refractivity contribution is -0.307. The van der Waals surface area contributed by atoms with Gasteiger partial charge in [0.1, 0.15) is 65.2 Å². The Kier molecular flexibility index (Phi) is 8.17. The molecule has 2 fully saturated rings. The molecule has 0 radical (unpaired) electrons. The van der Waals surface area contributed by atoms with Crippen LogP contribution in [0.3, 0.4) is 0 Å². The fraction of sp³-hybridized carbons (Fsp3) is 0.423. The number of ether oxygens (including phenoxy) is 4. The van der Waals surface area contributed by atoms with Crippen molar-refractivity contribution in [2.75, 3.05) is 13.2 Å². The van der Waals surface area contributed by atoms with Crippen molar-refractivity contribution in [2.24, 2.45) is 0 Å². The van der Waals surface area contributed by atoms with Crippen LogP contribution < -0.4 is 10.2 Å². The number of phenolic OH excluding ortho intramolecular Hbond substituents is 4. The maximum atomic E-state index is 13.5. The van der Waals surface area contributed by atoms with Gasteiger partial charge in [0, 0.05) is 17.7 Å². The Bertz CT molecular complexity index is 1510. The number of hydrogen-bond donors (Lipinski definition) is 10. The summed E-state index contributed by atoms with van der Waals surface area (Å²) in [4.78, 5) is 13.5. The van der Waals surface area contributed by atoms with Crippen LogP contribution in [0.4, 0.5) is 0 Å². The van der Waals surface area contributed by atoms with Crippen molar-refractivity contribution in [3.63, 3.8) is 0 Å². The molecule has 0 saturated carbocycles. The summed E-state index contributed by atoms with van der Waals surface area (Å²) in [6.07, 6.45) is -15.1. The van der Waals surface area contributed by atoms with E-state index in [-0.39, 0.29) is 17.8 Å². The first-order chi connectivity index (χ1) is 19.9. The third-order valence-corrected chi connectivity index (χ3v) is 6.94. The van der Waals surface area contributed by atoms with Crippen LogP contribution >= 0.6 is 0 Å². The Hall–Kier alpha value is -3.71. The number of hydrogen-bond acceptors (Lipinski definition) is 16. The Morgan fingerprint density at radius 1 is 0.786 bits per heavy atom. The SMILES string of the molecule is O=c1c(O[C@@H]2O[C@H](CO[C@@H]3OC[C@H](O)[C@H](O)[C@H]3O)[C@@H](O)[C@H](O)[C@H]2O)c(-c2ccc(O)c(O)c2)oc2cc(O)cc(O)c12. The Balaban J connectivity index is 1.48. The Labute approximate surface area is 235 Å². The van der Waals surface area contributed by atoms with Gasteiger partial charge >= 0.3 is 0 Å². The van der Waals surface area contributed by atoms with Crippen LogP contribution in [0.15, 0.2) is 39.5 Å². The zero-order chi connectivity index (χ0) is 30.5. The van der Waals surface area contributed by atoms with Crippen molar-refractivity contribution >= 4 is 11.0 Å². The third-order valence-electron chi connectivity index (χ3n) is 6.94. The molecule has 16 heteroatoms. The van der Waals surface area contributed by atoms with Crippen LogP contribution in [-0.2, 0) is 14.2 Å². The van der Waals surface area contributed by atoms with E-state index in [2.05, 4.69) is 0 Å². The van der Waals surface area contributed by atoms with Crippen LogP contribution in [0.25, 0.3) is 22.3 Å². The molecule has 2 aliphatic rings. The van der Waals surface area contributed by atoms with E-state index < -0.39 is 107 Å². The van der Waals surface area contributed by atoms with E-state index >= 15 is 0 Å². The van der Waals surface area contributed by atoms with E-state index in [1.807, 2.05) is 0 Å². The number of benzene rings is 2. The quantitative estimate of drug-likeness (QED) is 0.137. The Morgan fingerprint density at radius 3 is 2.21 bits per heavy atom. The van der Waals surface area contributed by atoms with Crippen molar-refractivity contribution in [3.05, 3.63) is 40.6 Å². The summed E-state index contributed by atoms with van der Waals surface area (Å²) in [6, 6.07) is 5.23. The fourth-order valence-corrected chi connectivity index (χ4v) is 4.61. The van der Waals surface area contributed by atoms with Crippen LogP contribution in [-0.4, -0.2) is 120 Å². The lowest BCUT2D eigenvalue weighted by Gasteiger charge is -2.41. The predicted molar refractivity (Wildman–Crippen MR) is 136 cm³/mol. The van der Waals surface area contributed by atoms with Gasteiger partial charge in [-0.15, -0.1) is 0 Å². The van der Waals surface area contributed by atoms with Gasteiger partial charge in [-0.3, -0.25) is 4.79 Å². The number of aliphatic hydroxyl groups excluding tert-OH is 6. The van der Waals surface area contributed by atoms with E-state index in [0.717, 1.165) is 24.3 Å². The Morgan fingerprint density at radius 2 is 1.50 bits per heavy atom.